The van der Waals surface area contributed by atoms with Crippen molar-refractivity contribution in [2.24, 2.45) is 11.8 Å². The number of aliphatic carboxylic acids is 1. The fraction of sp³-hybridized carbons (Fsp3) is 0.263. The highest BCUT2D eigenvalue weighted by Gasteiger charge is 2.38. The molecule has 0 amide bonds. The first-order valence-corrected chi connectivity index (χ1v) is 8.14. The van der Waals surface area contributed by atoms with E-state index in [9.17, 15) is 9.90 Å². The highest BCUT2D eigenvalue weighted by molar-refractivity contribution is 5.98. The molecule has 4 aliphatic heterocycles. The molecule has 2 atom stereocenters. The third-order valence-corrected chi connectivity index (χ3v) is 5.30. The number of hydrogen-bond acceptors (Lipinski definition) is 3. The van der Waals surface area contributed by atoms with Crippen LogP contribution in [-0.2, 0) is 22.5 Å². The van der Waals surface area contributed by atoms with Crippen molar-refractivity contribution >= 4 is 16.9 Å². The summed E-state index contributed by atoms with van der Waals surface area (Å²) in [6.07, 6.45) is 4.21. The van der Waals surface area contributed by atoms with E-state index in [0.29, 0.717) is 18.6 Å². The number of aromatic nitrogens is 2. The first kappa shape index (κ1) is 13.6. The van der Waals surface area contributed by atoms with E-state index in [-0.39, 0.29) is 11.8 Å². The minimum Gasteiger partial charge on any atom is -0.500 e. The van der Waals surface area contributed by atoms with E-state index in [2.05, 4.69) is 22.9 Å². The van der Waals surface area contributed by atoms with Crippen LogP contribution in [0.15, 0.2) is 48.4 Å². The number of pyridine rings is 1. The van der Waals surface area contributed by atoms with Crippen molar-refractivity contribution in [3.05, 3.63) is 54.1 Å². The SMILES string of the molecule is O=C(O)C1=COCC2Cn3ccc4c5ccccc5nc-4c3CC12. The van der Waals surface area contributed by atoms with Crippen molar-refractivity contribution < 1.29 is 14.6 Å². The van der Waals surface area contributed by atoms with Crippen LogP contribution in [0.5, 0.6) is 0 Å². The summed E-state index contributed by atoms with van der Waals surface area (Å²) in [6.45, 7) is 1.34. The Hall–Kier alpha value is -2.82. The third kappa shape index (κ3) is 1.81. The molecule has 0 saturated carbocycles. The summed E-state index contributed by atoms with van der Waals surface area (Å²) in [6, 6.07) is 10.2. The van der Waals surface area contributed by atoms with Gasteiger partial charge in [-0.25, -0.2) is 9.78 Å². The van der Waals surface area contributed by atoms with E-state index >= 15 is 0 Å². The Morgan fingerprint density at radius 2 is 2.17 bits per heavy atom. The van der Waals surface area contributed by atoms with E-state index in [1.807, 2.05) is 18.2 Å². The Bertz CT molecular complexity index is 972. The van der Waals surface area contributed by atoms with Gasteiger partial charge in [0.1, 0.15) is 0 Å². The summed E-state index contributed by atoms with van der Waals surface area (Å²) in [5.41, 5.74) is 4.63. The lowest BCUT2D eigenvalue weighted by Crippen LogP contribution is -2.38. The number of rotatable bonds is 1. The fourth-order valence-corrected chi connectivity index (χ4v) is 4.12. The molecule has 4 heterocycles. The zero-order valence-corrected chi connectivity index (χ0v) is 13.0. The monoisotopic (exact) mass is 320 g/mol. The number of carboxylic acid groups (broad SMARTS) is 1. The van der Waals surface area contributed by atoms with Gasteiger partial charge in [0.2, 0.25) is 0 Å². The summed E-state index contributed by atoms with van der Waals surface area (Å²) >= 11 is 0. The van der Waals surface area contributed by atoms with Gasteiger partial charge in [-0.1, -0.05) is 18.2 Å². The molecule has 0 radical (unpaired) electrons. The maximum absolute atomic E-state index is 11.6. The molecule has 2 unspecified atom stereocenters. The van der Waals surface area contributed by atoms with Gasteiger partial charge in [-0.3, -0.25) is 0 Å². The molecule has 0 bridgehead atoms. The van der Waals surface area contributed by atoms with Crippen molar-refractivity contribution in [3.8, 4) is 11.3 Å². The second-order valence-electron chi connectivity index (χ2n) is 6.59. The smallest absolute Gasteiger partial charge is 0.334 e. The van der Waals surface area contributed by atoms with E-state index in [4.69, 9.17) is 9.72 Å². The molecule has 0 aliphatic carbocycles. The van der Waals surface area contributed by atoms with E-state index in [0.717, 1.165) is 34.4 Å². The van der Waals surface area contributed by atoms with Crippen molar-refractivity contribution in [2.75, 3.05) is 6.61 Å². The van der Waals surface area contributed by atoms with Gasteiger partial charge in [0.25, 0.3) is 0 Å². The highest BCUT2D eigenvalue weighted by Crippen LogP contribution is 2.40. The van der Waals surface area contributed by atoms with Crippen molar-refractivity contribution in [1.82, 2.24) is 9.55 Å². The molecule has 0 saturated heterocycles. The van der Waals surface area contributed by atoms with E-state index in [1.54, 1.807) is 0 Å². The maximum Gasteiger partial charge on any atom is 0.334 e. The zero-order chi connectivity index (χ0) is 16.3. The summed E-state index contributed by atoms with van der Waals surface area (Å²) < 4.78 is 7.60. The number of nitrogens with zero attached hydrogens (tertiary/aromatic N) is 2. The van der Waals surface area contributed by atoms with Gasteiger partial charge in [0, 0.05) is 41.2 Å². The Labute approximate surface area is 138 Å². The highest BCUT2D eigenvalue weighted by atomic mass is 16.5. The van der Waals surface area contributed by atoms with Crippen LogP contribution in [0.2, 0.25) is 0 Å². The summed E-state index contributed by atoms with van der Waals surface area (Å²) in [5, 5.41) is 10.6. The first-order chi connectivity index (χ1) is 11.7. The summed E-state index contributed by atoms with van der Waals surface area (Å²) in [7, 11) is 0. The first-order valence-electron chi connectivity index (χ1n) is 8.14. The number of carboxylic acids is 1. The van der Waals surface area contributed by atoms with Gasteiger partial charge in [0.15, 0.2) is 0 Å². The number of para-hydroxylation sites is 1. The normalized spacial score (nSPS) is 22.6. The lowest BCUT2D eigenvalue weighted by Gasteiger charge is -2.37. The van der Waals surface area contributed by atoms with Crippen LogP contribution in [0, 0.1) is 11.8 Å². The Balaban J connectivity index is 1.68. The largest absolute Gasteiger partial charge is 0.500 e. The Morgan fingerprint density at radius 1 is 1.29 bits per heavy atom. The predicted octanol–water partition coefficient (Wildman–Crippen LogP) is 2.93. The molecule has 4 aliphatic rings. The van der Waals surface area contributed by atoms with Crippen molar-refractivity contribution in [3.63, 3.8) is 0 Å². The van der Waals surface area contributed by atoms with Crippen LogP contribution in [0.1, 0.15) is 5.69 Å². The molecule has 5 heteroatoms. The van der Waals surface area contributed by atoms with Crippen molar-refractivity contribution in [1.29, 1.82) is 0 Å². The maximum atomic E-state index is 11.6. The van der Waals surface area contributed by atoms with Gasteiger partial charge >= 0.3 is 5.97 Å². The molecule has 120 valence electrons. The Morgan fingerprint density at radius 3 is 3.04 bits per heavy atom. The van der Waals surface area contributed by atoms with Gasteiger partial charge < -0.3 is 14.4 Å². The van der Waals surface area contributed by atoms with Gasteiger partial charge in [-0.05, 0) is 18.6 Å². The second-order valence-corrected chi connectivity index (χ2v) is 6.59. The number of hydrogen-bond donors (Lipinski definition) is 1. The quantitative estimate of drug-likeness (QED) is 0.749. The van der Waals surface area contributed by atoms with Crippen LogP contribution < -0.4 is 0 Å². The summed E-state index contributed by atoms with van der Waals surface area (Å²) in [5.74, 6) is -0.701. The van der Waals surface area contributed by atoms with Crippen LogP contribution in [-0.4, -0.2) is 27.2 Å². The standard InChI is InChI=1S/C19H16N2O3/c22-19(23)15-10-24-9-11-8-21-6-5-13-12-3-1-2-4-16(12)20-18(13)17(21)7-14(11)15/h1-6,10-11,14H,7-9H2,(H,22,23). The number of carbonyl (C=O) groups is 1. The van der Waals surface area contributed by atoms with Gasteiger partial charge in [0.05, 0.1) is 29.7 Å². The predicted molar refractivity (Wildman–Crippen MR) is 88.7 cm³/mol. The topological polar surface area (TPSA) is 64.3 Å². The number of benzene rings is 1. The molecule has 0 aromatic heterocycles. The average molecular weight is 320 g/mol. The van der Waals surface area contributed by atoms with E-state index in [1.165, 1.54) is 6.26 Å². The molecule has 0 fully saturated rings. The molecule has 5 rings (SSSR count). The van der Waals surface area contributed by atoms with Crippen LogP contribution >= 0.6 is 0 Å². The summed E-state index contributed by atoms with van der Waals surface area (Å²) in [4.78, 5) is 16.4. The molecule has 5 nitrogen and oxygen atoms in total. The number of fused-ring (bicyclic) bond motifs is 6. The number of ether oxygens (including phenoxy) is 1. The molecule has 1 aromatic carbocycles. The zero-order valence-electron chi connectivity index (χ0n) is 13.0. The van der Waals surface area contributed by atoms with Crippen LogP contribution in [0.25, 0.3) is 22.2 Å². The Kier molecular flexibility index (Phi) is 2.74. The molecule has 24 heavy (non-hydrogen) atoms. The van der Waals surface area contributed by atoms with Gasteiger partial charge in [-0.15, -0.1) is 0 Å². The van der Waals surface area contributed by atoms with Crippen LogP contribution in [0.3, 0.4) is 0 Å². The molecular weight excluding hydrogens is 304 g/mol. The molecular formula is C19H16N2O3. The average Bonchev–Trinajstić information content (AvgIpc) is 2.98. The van der Waals surface area contributed by atoms with Crippen LogP contribution in [0.4, 0.5) is 0 Å². The lowest BCUT2D eigenvalue weighted by atomic mass is 9.78. The molecule has 1 aromatic rings. The van der Waals surface area contributed by atoms with E-state index < -0.39 is 5.97 Å². The fourth-order valence-electron chi connectivity index (χ4n) is 4.12. The minimum absolute atomic E-state index is 0.0123. The van der Waals surface area contributed by atoms with Crippen molar-refractivity contribution in [2.45, 2.75) is 13.0 Å². The molecule has 0 spiro atoms. The minimum atomic E-state index is -0.883. The van der Waals surface area contributed by atoms with Gasteiger partial charge in [-0.2, -0.15) is 0 Å². The molecule has 1 N–H and O–H groups in total. The lowest BCUT2D eigenvalue weighted by molar-refractivity contribution is -0.134. The second kappa shape index (κ2) is 4.84. The third-order valence-electron chi connectivity index (χ3n) is 5.30.